The third-order valence-electron chi connectivity index (χ3n) is 3.46. The number of carbonyl (C=O) groups is 1. The third kappa shape index (κ3) is 1.97. The number of hydrogen-bond donors (Lipinski definition) is 1. The first kappa shape index (κ1) is 12.5. The standard InChI is InChI=1S/C17H16N2O/c1-12(20)18-17-16(13-8-4-3-5-9-13)14-10-6-7-11-15(14)19(17)2/h3-11H,1-2H3,(H,18,20). The van der Waals surface area contributed by atoms with Gasteiger partial charge in [0, 0.05) is 24.9 Å². The van der Waals surface area contributed by atoms with Crippen molar-refractivity contribution in [2.75, 3.05) is 5.32 Å². The summed E-state index contributed by atoms with van der Waals surface area (Å²) in [7, 11) is 1.97. The van der Waals surface area contributed by atoms with Gasteiger partial charge in [-0.05, 0) is 11.6 Å². The summed E-state index contributed by atoms with van der Waals surface area (Å²) in [6.07, 6.45) is 0. The molecule has 1 heterocycles. The molecule has 1 N–H and O–H groups in total. The molecule has 0 aliphatic rings. The van der Waals surface area contributed by atoms with E-state index in [1.54, 1.807) is 0 Å². The average molecular weight is 264 g/mol. The maximum absolute atomic E-state index is 11.5. The van der Waals surface area contributed by atoms with Crippen molar-refractivity contribution in [1.29, 1.82) is 0 Å². The molecule has 100 valence electrons. The van der Waals surface area contributed by atoms with E-state index < -0.39 is 0 Å². The van der Waals surface area contributed by atoms with Gasteiger partial charge in [-0.1, -0.05) is 48.5 Å². The van der Waals surface area contributed by atoms with E-state index in [9.17, 15) is 4.79 Å². The number of anilines is 1. The van der Waals surface area contributed by atoms with Gasteiger partial charge in [-0.25, -0.2) is 0 Å². The lowest BCUT2D eigenvalue weighted by molar-refractivity contribution is -0.114. The maximum Gasteiger partial charge on any atom is 0.222 e. The SMILES string of the molecule is CC(=O)Nc1c(-c2ccccc2)c2ccccc2n1C. The lowest BCUT2D eigenvalue weighted by atomic mass is 10.0. The molecular formula is C17H16N2O. The van der Waals surface area contributed by atoms with Crippen LogP contribution in [0.4, 0.5) is 5.82 Å². The molecule has 0 radical (unpaired) electrons. The fourth-order valence-corrected chi connectivity index (χ4v) is 2.60. The first-order valence-corrected chi connectivity index (χ1v) is 6.59. The second-order valence-electron chi connectivity index (χ2n) is 4.85. The number of benzene rings is 2. The minimum atomic E-state index is -0.0620. The normalized spacial score (nSPS) is 10.7. The Morgan fingerprint density at radius 3 is 2.35 bits per heavy atom. The minimum Gasteiger partial charge on any atom is -0.330 e. The molecular weight excluding hydrogens is 248 g/mol. The predicted octanol–water partition coefficient (Wildman–Crippen LogP) is 3.80. The van der Waals surface area contributed by atoms with Crippen molar-refractivity contribution in [2.24, 2.45) is 7.05 Å². The summed E-state index contributed by atoms with van der Waals surface area (Å²) in [4.78, 5) is 11.5. The molecule has 0 saturated heterocycles. The molecule has 1 amide bonds. The van der Waals surface area contributed by atoms with Crippen LogP contribution in [-0.2, 0) is 11.8 Å². The monoisotopic (exact) mass is 264 g/mol. The number of para-hydroxylation sites is 1. The fourth-order valence-electron chi connectivity index (χ4n) is 2.60. The first-order valence-electron chi connectivity index (χ1n) is 6.59. The van der Waals surface area contributed by atoms with Crippen LogP contribution in [0, 0.1) is 0 Å². The number of fused-ring (bicyclic) bond motifs is 1. The van der Waals surface area contributed by atoms with Gasteiger partial charge < -0.3 is 9.88 Å². The molecule has 0 saturated carbocycles. The molecule has 3 nitrogen and oxygen atoms in total. The molecule has 3 heteroatoms. The van der Waals surface area contributed by atoms with Crippen LogP contribution in [0.3, 0.4) is 0 Å². The van der Waals surface area contributed by atoms with Crippen LogP contribution < -0.4 is 5.32 Å². The first-order chi connectivity index (χ1) is 9.68. The molecule has 0 bridgehead atoms. The van der Waals surface area contributed by atoms with Crippen LogP contribution in [-0.4, -0.2) is 10.5 Å². The largest absolute Gasteiger partial charge is 0.330 e. The van der Waals surface area contributed by atoms with Crippen LogP contribution in [0.5, 0.6) is 0 Å². The lowest BCUT2D eigenvalue weighted by Crippen LogP contribution is -2.10. The summed E-state index contributed by atoms with van der Waals surface area (Å²) in [5.41, 5.74) is 3.28. The van der Waals surface area contributed by atoms with Gasteiger partial charge in [-0.3, -0.25) is 4.79 Å². The zero-order valence-corrected chi connectivity index (χ0v) is 11.6. The number of nitrogens with one attached hydrogen (secondary N) is 1. The average Bonchev–Trinajstić information content (AvgIpc) is 2.73. The molecule has 0 atom stereocenters. The van der Waals surface area contributed by atoms with E-state index in [0.29, 0.717) is 0 Å². The molecule has 0 aliphatic heterocycles. The Kier molecular flexibility index (Phi) is 3.03. The van der Waals surface area contributed by atoms with Gasteiger partial charge in [0.2, 0.25) is 5.91 Å². The van der Waals surface area contributed by atoms with Crippen molar-refractivity contribution in [3.63, 3.8) is 0 Å². The summed E-state index contributed by atoms with van der Waals surface area (Å²) < 4.78 is 2.03. The Labute approximate surface area is 117 Å². The molecule has 3 rings (SSSR count). The highest BCUT2D eigenvalue weighted by Gasteiger charge is 2.16. The molecule has 0 unspecified atom stereocenters. The number of nitrogens with zero attached hydrogens (tertiary/aromatic N) is 1. The summed E-state index contributed by atoms with van der Waals surface area (Å²) in [5, 5.41) is 4.10. The maximum atomic E-state index is 11.5. The second-order valence-corrected chi connectivity index (χ2v) is 4.85. The van der Waals surface area contributed by atoms with Gasteiger partial charge >= 0.3 is 0 Å². The number of carbonyl (C=O) groups excluding carboxylic acids is 1. The second kappa shape index (κ2) is 4.85. The van der Waals surface area contributed by atoms with Crippen molar-refractivity contribution >= 4 is 22.6 Å². The van der Waals surface area contributed by atoms with Crippen molar-refractivity contribution < 1.29 is 4.79 Å². The van der Waals surface area contributed by atoms with Gasteiger partial charge in [0.05, 0.1) is 5.52 Å². The quantitative estimate of drug-likeness (QED) is 0.750. The van der Waals surface area contributed by atoms with E-state index in [1.165, 1.54) is 6.92 Å². The minimum absolute atomic E-state index is 0.0620. The van der Waals surface area contributed by atoms with E-state index in [2.05, 4.69) is 29.6 Å². The Bertz CT molecular complexity index is 772. The van der Waals surface area contributed by atoms with Crippen molar-refractivity contribution in [2.45, 2.75) is 6.92 Å². The smallest absolute Gasteiger partial charge is 0.222 e. The predicted molar refractivity (Wildman–Crippen MR) is 82.7 cm³/mol. The zero-order chi connectivity index (χ0) is 14.1. The summed E-state index contributed by atoms with van der Waals surface area (Å²) in [5.74, 6) is 0.776. The van der Waals surface area contributed by atoms with Gasteiger partial charge in [-0.2, -0.15) is 0 Å². The van der Waals surface area contributed by atoms with Crippen LogP contribution >= 0.6 is 0 Å². The molecule has 2 aromatic carbocycles. The zero-order valence-electron chi connectivity index (χ0n) is 11.6. The van der Waals surface area contributed by atoms with Crippen LogP contribution in [0.15, 0.2) is 54.6 Å². The number of aryl methyl sites for hydroxylation is 1. The van der Waals surface area contributed by atoms with Crippen molar-refractivity contribution in [3.05, 3.63) is 54.6 Å². The summed E-state index contributed by atoms with van der Waals surface area (Å²) in [6.45, 7) is 1.53. The van der Waals surface area contributed by atoms with Crippen molar-refractivity contribution in [3.8, 4) is 11.1 Å². The Balaban J connectivity index is 2.35. The van der Waals surface area contributed by atoms with Gasteiger partial charge in [-0.15, -0.1) is 0 Å². The highest BCUT2D eigenvalue weighted by atomic mass is 16.1. The lowest BCUT2D eigenvalue weighted by Gasteiger charge is -2.08. The third-order valence-corrected chi connectivity index (χ3v) is 3.46. The van der Waals surface area contributed by atoms with Crippen LogP contribution in [0.25, 0.3) is 22.0 Å². The Hall–Kier alpha value is -2.55. The van der Waals surface area contributed by atoms with E-state index in [1.807, 2.05) is 41.9 Å². The summed E-state index contributed by atoms with van der Waals surface area (Å²) in [6, 6.07) is 18.3. The van der Waals surface area contributed by atoms with Gasteiger partial charge in [0.1, 0.15) is 5.82 Å². The molecule has 0 spiro atoms. The van der Waals surface area contributed by atoms with Gasteiger partial charge in [0.25, 0.3) is 0 Å². The van der Waals surface area contributed by atoms with Crippen LogP contribution in [0.2, 0.25) is 0 Å². The number of aromatic nitrogens is 1. The van der Waals surface area contributed by atoms with E-state index in [0.717, 1.165) is 27.8 Å². The van der Waals surface area contributed by atoms with Crippen LogP contribution in [0.1, 0.15) is 6.92 Å². The Morgan fingerprint density at radius 1 is 1.00 bits per heavy atom. The topological polar surface area (TPSA) is 34.0 Å². The highest BCUT2D eigenvalue weighted by Crippen LogP contribution is 2.37. The number of amides is 1. The molecule has 1 aromatic heterocycles. The van der Waals surface area contributed by atoms with E-state index >= 15 is 0 Å². The number of rotatable bonds is 2. The van der Waals surface area contributed by atoms with E-state index in [-0.39, 0.29) is 5.91 Å². The summed E-state index contributed by atoms with van der Waals surface area (Å²) >= 11 is 0. The molecule has 0 fully saturated rings. The highest BCUT2D eigenvalue weighted by molar-refractivity contribution is 6.06. The molecule has 20 heavy (non-hydrogen) atoms. The van der Waals surface area contributed by atoms with E-state index in [4.69, 9.17) is 0 Å². The Morgan fingerprint density at radius 2 is 1.65 bits per heavy atom. The fraction of sp³-hybridized carbons (Fsp3) is 0.118. The van der Waals surface area contributed by atoms with Gasteiger partial charge in [0.15, 0.2) is 0 Å². The number of hydrogen-bond acceptors (Lipinski definition) is 1. The molecule has 3 aromatic rings. The molecule has 0 aliphatic carbocycles. The van der Waals surface area contributed by atoms with Crippen molar-refractivity contribution in [1.82, 2.24) is 4.57 Å².